The molecular weight excluding hydrogens is 328 g/mol. The minimum atomic E-state index is -0.683. The van der Waals surface area contributed by atoms with E-state index < -0.39 is 5.82 Å². The first-order chi connectivity index (χ1) is 10.4. The minimum absolute atomic E-state index is 0.0244. The first-order valence-electron chi connectivity index (χ1n) is 7.01. The second-order valence-electron chi connectivity index (χ2n) is 5.79. The van der Waals surface area contributed by atoms with Crippen molar-refractivity contribution < 1.29 is 4.39 Å². The van der Waals surface area contributed by atoms with E-state index in [9.17, 15) is 4.39 Å². The van der Waals surface area contributed by atoms with Crippen LogP contribution in [0.5, 0.6) is 0 Å². The Morgan fingerprint density at radius 1 is 1.32 bits per heavy atom. The lowest BCUT2D eigenvalue weighted by Gasteiger charge is -2.47. The molecule has 2 aromatic rings. The molecule has 22 heavy (non-hydrogen) atoms. The van der Waals surface area contributed by atoms with Crippen molar-refractivity contribution in [1.82, 2.24) is 19.9 Å². The highest BCUT2D eigenvalue weighted by Crippen LogP contribution is 2.36. The molecule has 1 aliphatic rings. The maximum absolute atomic E-state index is 14.1. The molecule has 118 valence electrons. The molecular formula is C14H16Cl2FN5. The van der Waals surface area contributed by atoms with Crippen LogP contribution in [0.3, 0.4) is 0 Å². The summed E-state index contributed by atoms with van der Waals surface area (Å²) in [4.78, 5) is 14.1. The van der Waals surface area contributed by atoms with E-state index in [4.69, 9.17) is 23.2 Å². The largest absolute Gasteiger partial charge is 0.367 e. The van der Waals surface area contributed by atoms with Crippen LogP contribution >= 0.6 is 23.2 Å². The number of likely N-dealkylation sites (N-methyl/N-ethyl adjacent to an activating group) is 1. The average Bonchev–Trinajstić information content (AvgIpc) is 2.41. The molecule has 0 unspecified atom stereocenters. The van der Waals surface area contributed by atoms with Gasteiger partial charge in [-0.15, -0.1) is 0 Å². The van der Waals surface area contributed by atoms with Gasteiger partial charge in [0.1, 0.15) is 11.3 Å². The van der Waals surface area contributed by atoms with Crippen LogP contribution in [-0.4, -0.2) is 46.0 Å². The monoisotopic (exact) mass is 343 g/mol. The van der Waals surface area contributed by atoms with Crippen molar-refractivity contribution in [3.8, 4) is 0 Å². The molecule has 0 saturated heterocycles. The zero-order chi connectivity index (χ0) is 15.9. The summed E-state index contributed by atoms with van der Waals surface area (Å²) in [5.74, 6) is -0.205. The van der Waals surface area contributed by atoms with E-state index in [2.05, 4.69) is 39.3 Å². The van der Waals surface area contributed by atoms with Crippen LogP contribution in [0, 0.1) is 5.82 Å². The fraction of sp³-hybridized carbons (Fsp3) is 0.500. The highest BCUT2D eigenvalue weighted by molar-refractivity contribution is 6.30. The van der Waals surface area contributed by atoms with Crippen molar-refractivity contribution >= 4 is 39.9 Å². The summed E-state index contributed by atoms with van der Waals surface area (Å²) >= 11 is 11.6. The van der Waals surface area contributed by atoms with Gasteiger partial charge in [-0.1, -0.05) is 11.6 Å². The summed E-state index contributed by atoms with van der Waals surface area (Å²) in [5, 5.41) is 3.49. The molecule has 0 atom stereocenters. The third kappa shape index (κ3) is 2.59. The number of aromatic nitrogens is 3. The van der Waals surface area contributed by atoms with Crippen molar-refractivity contribution in [2.24, 2.45) is 0 Å². The van der Waals surface area contributed by atoms with Gasteiger partial charge in [0.25, 0.3) is 0 Å². The molecule has 2 aromatic heterocycles. The van der Waals surface area contributed by atoms with Gasteiger partial charge in [-0.3, -0.25) is 0 Å². The van der Waals surface area contributed by atoms with E-state index in [-0.39, 0.29) is 21.5 Å². The molecule has 3 rings (SSSR count). The van der Waals surface area contributed by atoms with Gasteiger partial charge in [-0.05, 0) is 45.0 Å². The van der Waals surface area contributed by atoms with E-state index in [0.717, 1.165) is 12.8 Å². The van der Waals surface area contributed by atoms with Crippen LogP contribution in [-0.2, 0) is 0 Å². The van der Waals surface area contributed by atoms with Crippen LogP contribution in [0.15, 0.2) is 6.20 Å². The highest BCUT2D eigenvalue weighted by atomic mass is 35.5. The maximum atomic E-state index is 14.1. The van der Waals surface area contributed by atoms with Gasteiger partial charge in [0.05, 0.1) is 5.39 Å². The summed E-state index contributed by atoms with van der Waals surface area (Å²) in [5.41, 5.74) is 0.178. The van der Waals surface area contributed by atoms with Crippen molar-refractivity contribution in [2.75, 3.05) is 26.0 Å². The zero-order valence-corrected chi connectivity index (χ0v) is 13.8. The number of nitrogens with one attached hydrogen (secondary N) is 1. The summed E-state index contributed by atoms with van der Waals surface area (Å²) in [7, 11) is 4.12. The van der Waals surface area contributed by atoms with Crippen LogP contribution in [0.1, 0.15) is 19.3 Å². The second-order valence-corrected chi connectivity index (χ2v) is 6.49. The molecule has 0 aromatic carbocycles. The second kappa shape index (κ2) is 5.76. The fourth-order valence-electron chi connectivity index (χ4n) is 2.76. The van der Waals surface area contributed by atoms with Gasteiger partial charge in [0, 0.05) is 18.3 Å². The molecule has 1 N–H and O–H groups in total. The van der Waals surface area contributed by atoms with E-state index in [0.29, 0.717) is 17.7 Å². The van der Waals surface area contributed by atoms with Crippen LogP contribution < -0.4 is 5.32 Å². The van der Waals surface area contributed by atoms with Gasteiger partial charge in [0.2, 0.25) is 5.28 Å². The van der Waals surface area contributed by atoms with Gasteiger partial charge < -0.3 is 10.2 Å². The normalized spacial score (nSPS) is 16.8. The standard InChI is InChI=1S/C14H16Cl2FN5/c1-22(2)14(4-3-5-14)7-19-12-8-6-18-11(15)9(17)10(8)20-13(16)21-12/h6H,3-5,7H2,1-2H3,(H,19,20,21). The number of anilines is 1. The molecule has 5 nitrogen and oxygen atoms in total. The lowest BCUT2D eigenvalue weighted by molar-refractivity contribution is 0.0738. The van der Waals surface area contributed by atoms with E-state index in [1.807, 2.05) is 0 Å². The molecule has 1 saturated carbocycles. The summed E-state index contributed by atoms with van der Waals surface area (Å²) in [6.07, 6.45) is 4.89. The summed E-state index contributed by atoms with van der Waals surface area (Å²) < 4.78 is 14.1. The minimum Gasteiger partial charge on any atom is -0.367 e. The molecule has 0 spiro atoms. The Morgan fingerprint density at radius 3 is 2.64 bits per heavy atom. The van der Waals surface area contributed by atoms with Crippen molar-refractivity contribution in [2.45, 2.75) is 24.8 Å². The quantitative estimate of drug-likeness (QED) is 0.681. The molecule has 0 amide bonds. The lowest BCUT2D eigenvalue weighted by atomic mass is 9.75. The summed E-state index contributed by atoms with van der Waals surface area (Å²) in [6.45, 7) is 0.701. The Morgan fingerprint density at radius 2 is 2.05 bits per heavy atom. The molecule has 1 aliphatic carbocycles. The summed E-state index contributed by atoms with van der Waals surface area (Å²) in [6, 6.07) is 0. The van der Waals surface area contributed by atoms with Crippen molar-refractivity contribution in [3.05, 3.63) is 22.5 Å². The average molecular weight is 344 g/mol. The van der Waals surface area contributed by atoms with Gasteiger partial charge in [0.15, 0.2) is 11.0 Å². The number of fused-ring (bicyclic) bond motifs is 1. The van der Waals surface area contributed by atoms with E-state index in [1.165, 1.54) is 12.6 Å². The zero-order valence-electron chi connectivity index (χ0n) is 12.3. The number of pyridine rings is 1. The fourth-order valence-corrected chi connectivity index (χ4v) is 3.06. The number of rotatable bonds is 4. The SMILES string of the molecule is CN(C)C1(CNc2nc(Cl)nc3c(F)c(Cl)ncc23)CCC1. The van der Waals surface area contributed by atoms with Gasteiger partial charge >= 0.3 is 0 Å². The molecule has 0 aliphatic heterocycles. The van der Waals surface area contributed by atoms with Crippen molar-refractivity contribution in [3.63, 3.8) is 0 Å². The Bertz CT molecular complexity index is 718. The van der Waals surface area contributed by atoms with Crippen LogP contribution in [0.2, 0.25) is 10.4 Å². The third-order valence-corrected chi connectivity index (χ3v) is 4.86. The highest BCUT2D eigenvalue weighted by Gasteiger charge is 2.38. The molecule has 0 radical (unpaired) electrons. The molecule has 1 fully saturated rings. The third-order valence-electron chi connectivity index (χ3n) is 4.43. The smallest absolute Gasteiger partial charge is 0.225 e. The molecule has 2 heterocycles. The topological polar surface area (TPSA) is 53.9 Å². The number of nitrogens with zero attached hydrogens (tertiary/aromatic N) is 4. The van der Waals surface area contributed by atoms with Crippen LogP contribution in [0.4, 0.5) is 10.2 Å². The lowest BCUT2D eigenvalue weighted by Crippen LogP contribution is -2.54. The number of halogens is 3. The van der Waals surface area contributed by atoms with E-state index in [1.54, 1.807) is 0 Å². The predicted octanol–water partition coefficient (Wildman–Crippen LogP) is 3.37. The Kier molecular flexibility index (Phi) is 4.09. The van der Waals surface area contributed by atoms with Crippen LogP contribution in [0.25, 0.3) is 10.9 Å². The first-order valence-corrected chi connectivity index (χ1v) is 7.77. The predicted molar refractivity (Wildman–Crippen MR) is 86.1 cm³/mol. The Balaban J connectivity index is 1.95. The molecule has 0 bridgehead atoms. The Hall–Kier alpha value is -1.24. The van der Waals surface area contributed by atoms with Crippen molar-refractivity contribution in [1.29, 1.82) is 0 Å². The Labute approximate surface area is 137 Å². The van der Waals surface area contributed by atoms with Gasteiger partial charge in [-0.2, -0.15) is 0 Å². The number of hydrogen-bond donors (Lipinski definition) is 1. The first kappa shape index (κ1) is 15.6. The maximum Gasteiger partial charge on any atom is 0.225 e. The molecule has 8 heteroatoms. The van der Waals surface area contributed by atoms with E-state index >= 15 is 0 Å². The van der Waals surface area contributed by atoms with Gasteiger partial charge in [-0.25, -0.2) is 19.3 Å². The number of hydrogen-bond acceptors (Lipinski definition) is 5.